The second-order valence-electron chi connectivity index (χ2n) is 7.97. The number of anilines is 1. The van der Waals surface area contributed by atoms with Gasteiger partial charge in [-0.25, -0.2) is 0 Å². The van der Waals surface area contributed by atoms with Crippen LogP contribution in [0.25, 0.3) is 0 Å². The predicted molar refractivity (Wildman–Crippen MR) is 128 cm³/mol. The Morgan fingerprint density at radius 1 is 0.833 bits per heavy atom. The first-order valence-electron chi connectivity index (χ1n) is 10.7. The minimum Gasteiger partial charge on any atom is -0.367 e. The lowest BCUT2D eigenvalue weighted by atomic mass is 9.86. The van der Waals surface area contributed by atoms with Gasteiger partial charge in [-0.3, -0.25) is 4.79 Å². The average molecular weight is 468 g/mol. The van der Waals surface area contributed by atoms with Gasteiger partial charge in [0.05, 0.1) is 10.7 Å². The van der Waals surface area contributed by atoms with Gasteiger partial charge in [0.15, 0.2) is 0 Å². The molecule has 30 heavy (non-hydrogen) atoms. The van der Waals surface area contributed by atoms with Crippen LogP contribution in [0.15, 0.2) is 48.5 Å². The smallest absolute Gasteiger partial charge is 0.222 e. The van der Waals surface area contributed by atoms with Gasteiger partial charge in [0.1, 0.15) is 0 Å². The van der Waals surface area contributed by atoms with E-state index in [9.17, 15) is 4.79 Å². The number of halogens is 3. The molecule has 3 nitrogen and oxygen atoms in total. The number of hydrogen-bond donors (Lipinski definition) is 0. The summed E-state index contributed by atoms with van der Waals surface area (Å²) in [6, 6.07) is 15.0. The van der Waals surface area contributed by atoms with E-state index in [-0.39, 0.29) is 0 Å². The lowest BCUT2D eigenvalue weighted by molar-refractivity contribution is -0.132. The Hall–Kier alpha value is -1.42. The standard InChI is InChI=1S/C18H24Cl2N2O.C6H5Cl/c19-15-6-7-17(16(20)13-15)21-8-10-22(11-9-21)18(23)12-14-4-2-1-3-5-14;7-6-4-2-1-3-5-6/h6-7,13-14H,1-5,8-12H2;1-5H. The van der Waals surface area contributed by atoms with E-state index < -0.39 is 0 Å². The Labute approximate surface area is 194 Å². The zero-order valence-electron chi connectivity index (χ0n) is 17.2. The van der Waals surface area contributed by atoms with Crippen LogP contribution >= 0.6 is 34.8 Å². The van der Waals surface area contributed by atoms with E-state index in [1.807, 2.05) is 47.4 Å². The molecule has 2 aromatic rings. The molecular formula is C24H29Cl3N2O. The molecule has 1 saturated heterocycles. The average Bonchev–Trinajstić information content (AvgIpc) is 2.76. The first kappa shape index (κ1) is 23.2. The number of hydrogen-bond acceptors (Lipinski definition) is 2. The SMILES string of the molecule is Clc1ccccc1.O=C(CC1CCCCC1)N1CCN(c2ccc(Cl)cc2Cl)CC1. The summed E-state index contributed by atoms with van der Waals surface area (Å²) < 4.78 is 0. The zero-order valence-corrected chi connectivity index (χ0v) is 19.5. The Balaban J connectivity index is 0.000000310. The summed E-state index contributed by atoms with van der Waals surface area (Å²) in [5.41, 5.74) is 1.01. The van der Waals surface area contributed by atoms with Crippen LogP contribution in [-0.2, 0) is 4.79 Å². The minimum absolute atomic E-state index is 0.332. The summed E-state index contributed by atoms with van der Waals surface area (Å²) in [6.45, 7) is 3.23. The highest BCUT2D eigenvalue weighted by atomic mass is 35.5. The summed E-state index contributed by atoms with van der Waals surface area (Å²) in [6.07, 6.45) is 7.12. The third-order valence-corrected chi connectivity index (χ3v) is 6.59. The molecule has 4 rings (SSSR count). The van der Waals surface area contributed by atoms with Crippen LogP contribution in [0, 0.1) is 5.92 Å². The third kappa shape index (κ3) is 7.08. The molecule has 1 amide bonds. The Morgan fingerprint density at radius 2 is 1.50 bits per heavy atom. The van der Waals surface area contributed by atoms with E-state index in [0.717, 1.165) is 43.3 Å². The molecule has 1 heterocycles. The maximum Gasteiger partial charge on any atom is 0.222 e. The van der Waals surface area contributed by atoms with Crippen molar-refractivity contribution in [2.45, 2.75) is 38.5 Å². The maximum atomic E-state index is 12.5. The molecule has 0 N–H and O–H groups in total. The summed E-state index contributed by atoms with van der Waals surface area (Å²) in [4.78, 5) is 16.7. The van der Waals surface area contributed by atoms with E-state index in [0.29, 0.717) is 21.9 Å². The van der Waals surface area contributed by atoms with Gasteiger partial charge in [-0.2, -0.15) is 0 Å². The number of nitrogens with zero attached hydrogens (tertiary/aromatic N) is 2. The van der Waals surface area contributed by atoms with Crippen molar-refractivity contribution >= 4 is 46.4 Å². The minimum atomic E-state index is 0.332. The van der Waals surface area contributed by atoms with Crippen molar-refractivity contribution in [1.29, 1.82) is 0 Å². The normalized spacial score (nSPS) is 17.3. The van der Waals surface area contributed by atoms with Crippen molar-refractivity contribution in [3.05, 3.63) is 63.6 Å². The maximum absolute atomic E-state index is 12.5. The van der Waals surface area contributed by atoms with E-state index in [1.54, 1.807) is 6.07 Å². The van der Waals surface area contributed by atoms with Crippen LogP contribution in [-0.4, -0.2) is 37.0 Å². The van der Waals surface area contributed by atoms with Crippen LogP contribution in [0.3, 0.4) is 0 Å². The van der Waals surface area contributed by atoms with E-state index in [2.05, 4.69) is 4.90 Å². The Morgan fingerprint density at radius 3 is 2.07 bits per heavy atom. The van der Waals surface area contributed by atoms with Crippen LogP contribution in [0.5, 0.6) is 0 Å². The van der Waals surface area contributed by atoms with Gasteiger partial charge in [0, 0.05) is 42.6 Å². The highest BCUT2D eigenvalue weighted by Gasteiger charge is 2.25. The topological polar surface area (TPSA) is 23.6 Å². The second kappa shape index (κ2) is 11.8. The van der Waals surface area contributed by atoms with Crippen LogP contribution in [0.1, 0.15) is 38.5 Å². The van der Waals surface area contributed by atoms with Gasteiger partial charge in [0.25, 0.3) is 0 Å². The predicted octanol–water partition coefficient (Wildman–Crippen LogP) is 6.95. The monoisotopic (exact) mass is 466 g/mol. The fourth-order valence-electron chi connectivity index (χ4n) is 4.12. The van der Waals surface area contributed by atoms with Crippen LogP contribution in [0.2, 0.25) is 15.1 Å². The molecule has 0 aromatic heterocycles. The number of carbonyl (C=O) groups excluding carboxylic acids is 1. The summed E-state index contributed by atoms with van der Waals surface area (Å²) in [7, 11) is 0. The molecule has 2 fully saturated rings. The molecule has 6 heteroatoms. The van der Waals surface area contributed by atoms with Gasteiger partial charge < -0.3 is 9.80 Å². The Bertz CT molecular complexity index is 801. The molecule has 1 aliphatic carbocycles. The molecule has 0 radical (unpaired) electrons. The van der Waals surface area contributed by atoms with Crippen molar-refractivity contribution in [3.8, 4) is 0 Å². The van der Waals surface area contributed by atoms with Gasteiger partial charge in [-0.05, 0) is 49.1 Å². The number of rotatable bonds is 3. The van der Waals surface area contributed by atoms with Crippen molar-refractivity contribution < 1.29 is 4.79 Å². The first-order chi connectivity index (χ1) is 14.5. The van der Waals surface area contributed by atoms with Crippen molar-refractivity contribution in [2.75, 3.05) is 31.1 Å². The molecular weight excluding hydrogens is 439 g/mol. The highest BCUT2D eigenvalue weighted by molar-refractivity contribution is 6.36. The van der Waals surface area contributed by atoms with Crippen LogP contribution < -0.4 is 4.90 Å². The molecule has 1 saturated carbocycles. The molecule has 0 spiro atoms. The summed E-state index contributed by atoms with van der Waals surface area (Å²) >= 11 is 17.8. The lowest BCUT2D eigenvalue weighted by Crippen LogP contribution is -2.49. The largest absolute Gasteiger partial charge is 0.367 e. The molecule has 0 atom stereocenters. The number of amides is 1. The van der Waals surface area contributed by atoms with Gasteiger partial charge in [-0.15, -0.1) is 0 Å². The third-order valence-electron chi connectivity index (χ3n) is 5.80. The van der Waals surface area contributed by atoms with Gasteiger partial charge in [-0.1, -0.05) is 72.3 Å². The van der Waals surface area contributed by atoms with Gasteiger partial charge in [0.2, 0.25) is 5.91 Å². The lowest BCUT2D eigenvalue weighted by Gasteiger charge is -2.37. The summed E-state index contributed by atoms with van der Waals surface area (Å²) in [5.74, 6) is 0.943. The highest BCUT2D eigenvalue weighted by Crippen LogP contribution is 2.30. The van der Waals surface area contributed by atoms with Crippen molar-refractivity contribution in [2.24, 2.45) is 5.92 Å². The first-order valence-corrected chi connectivity index (χ1v) is 11.8. The van der Waals surface area contributed by atoms with Crippen molar-refractivity contribution in [3.63, 3.8) is 0 Å². The quantitative estimate of drug-likeness (QED) is 0.487. The van der Waals surface area contributed by atoms with Crippen molar-refractivity contribution in [1.82, 2.24) is 4.90 Å². The molecule has 162 valence electrons. The van der Waals surface area contributed by atoms with E-state index in [4.69, 9.17) is 34.8 Å². The fraction of sp³-hybridized carbons (Fsp3) is 0.458. The molecule has 2 aromatic carbocycles. The summed E-state index contributed by atoms with van der Waals surface area (Å²) in [5, 5.41) is 2.13. The molecule has 0 unspecified atom stereocenters. The van der Waals surface area contributed by atoms with E-state index in [1.165, 1.54) is 32.1 Å². The number of benzene rings is 2. The van der Waals surface area contributed by atoms with E-state index >= 15 is 0 Å². The van der Waals surface area contributed by atoms with Crippen LogP contribution in [0.4, 0.5) is 5.69 Å². The zero-order chi connectivity index (χ0) is 21.3. The molecule has 1 aliphatic heterocycles. The van der Waals surface area contributed by atoms with Gasteiger partial charge >= 0.3 is 0 Å². The fourth-order valence-corrected chi connectivity index (χ4v) is 4.79. The molecule has 2 aliphatic rings. The Kier molecular flexibility index (Phi) is 9.17. The second-order valence-corrected chi connectivity index (χ2v) is 9.25. The molecule has 0 bridgehead atoms. The number of piperazine rings is 1. The number of carbonyl (C=O) groups is 1.